The van der Waals surface area contributed by atoms with Crippen LogP contribution in [0.15, 0.2) is 0 Å². The van der Waals surface area contributed by atoms with Crippen molar-refractivity contribution in [1.82, 2.24) is 5.32 Å². The maximum atomic E-state index is 10.7. The molecule has 0 saturated heterocycles. The van der Waals surface area contributed by atoms with Crippen molar-refractivity contribution in [3.05, 3.63) is 0 Å². The second-order valence-electron chi connectivity index (χ2n) is 2.32. The Kier molecular flexibility index (Phi) is 12.5. The number of hydrogen-bond acceptors (Lipinski definition) is 3. The Morgan fingerprint density at radius 1 is 1.50 bits per heavy atom. The van der Waals surface area contributed by atoms with Gasteiger partial charge in [-0.25, -0.2) is 0 Å². The second-order valence-corrected chi connectivity index (χ2v) is 2.32. The molecule has 3 heteroatoms. The molecular formula is C9H21NO2. The Morgan fingerprint density at radius 3 is 2.25 bits per heavy atom. The van der Waals surface area contributed by atoms with Gasteiger partial charge in [0.05, 0.1) is 6.04 Å². The molecule has 0 saturated carbocycles. The lowest BCUT2D eigenvalue weighted by atomic mass is 10.1. The molecule has 74 valence electrons. The lowest BCUT2D eigenvalue weighted by Gasteiger charge is -2.10. The van der Waals surface area contributed by atoms with Gasteiger partial charge in [-0.3, -0.25) is 4.79 Å². The number of rotatable bonds is 5. The number of hydrogen-bond donors (Lipinski definition) is 2. The first kappa shape index (κ1) is 14.1. The van der Waals surface area contributed by atoms with Gasteiger partial charge in [-0.15, -0.1) is 0 Å². The highest BCUT2D eigenvalue weighted by Crippen LogP contribution is 1.96. The van der Waals surface area contributed by atoms with E-state index in [4.69, 9.17) is 5.11 Å². The molecule has 0 aliphatic heterocycles. The third kappa shape index (κ3) is 7.69. The van der Waals surface area contributed by atoms with Crippen LogP contribution in [-0.4, -0.2) is 30.6 Å². The summed E-state index contributed by atoms with van der Waals surface area (Å²) in [6.07, 6.45) is 1.41. The van der Waals surface area contributed by atoms with Crippen LogP contribution in [0.1, 0.15) is 33.6 Å². The topological polar surface area (TPSA) is 49.3 Å². The van der Waals surface area contributed by atoms with Crippen LogP contribution in [-0.2, 0) is 4.79 Å². The zero-order valence-corrected chi connectivity index (χ0v) is 8.55. The normalized spacial score (nSPS) is 11.4. The summed E-state index contributed by atoms with van der Waals surface area (Å²) in [7, 11) is 1.75. The first-order valence-electron chi connectivity index (χ1n) is 4.51. The number of carbonyl (C=O) groups excluding carboxylic acids is 1. The van der Waals surface area contributed by atoms with Gasteiger partial charge in [0.15, 0.2) is 0 Å². The van der Waals surface area contributed by atoms with E-state index in [1.165, 1.54) is 0 Å². The maximum absolute atomic E-state index is 10.7. The molecule has 0 fully saturated rings. The maximum Gasteiger partial charge on any atom is 0.146 e. The van der Waals surface area contributed by atoms with Crippen LogP contribution < -0.4 is 5.32 Å². The van der Waals surface area contributed by atoms with Crippen molar-refractivity contribution < 1.29 is 9.90 Å². The predicted octanol–water partition coefficient (Wildman–Crippen LogP) is 0.962. The van der Waals surface area contributed by atoms with Gasteiger partial charge in [-0.2, -0.15) is 0 Å². The molecule has 0 spiro atoms. The quantitative estimate of drug-likeness (QED) is 0.654. The summed E-state index contributed by atoms with van der Waals surface area (Å²) in [6, 6.07) is -0.0767. The Bertz CT molecular complexity index is 105. The van der Waals surface area contributed by atoms with Crippen molar-refractivity contribution in [3.63, 3.8) is 0 Å². The number of ketones is 1. The van der Waals surface area contributed by atoms with E-state index in [0.717, 1.165) is 6.42 Å². The molecular weight excluding hydrogens is 154 g/mol. The summed E-state index contributed by atoms with van der Waals surface area (Å²) in [4.78, 5) is 10.7. The molecule has 0 radical (unpaired) electrons. The van der Waals surface area contributed by atoms with Gasteiger partial charge in [0.2, 0.25) is 0 Å². The molecule has 2 N–H and O–H groups in total. The summed E-state index contributed by atoms with van der Waals surface area (Å²) in [6.45, 7) is 5.71. The van der Waals surface area contributed by atoms with Crippen molar-refractivity contribution in [2.45, 2.75) is 39.7 Å². The minimum atomic E-state index is -0.0767. The standard InChI is InChI=1S/C7H15NO2.C2H6/c1-6(10)7(8-2)4-3-5-9;1-2/h7-9H,3-5H2,1-2H3;1-2H3. The number of Topliss-reactive ketones (excluding diaryl/α,β-unsaturated/α-hetero) is 1. The summed E-state index contributed by atoms with van der Waals surface area (Å²) in [5.74, 6) is 0.135. The fourth-order valence-corrected chi connectivity index (χ4v) is 0.846. The minimum Gasteiger partial charge on any atom is -0.396 e. The summed E-state index contributed by atoms with van der Waals surface area (Å²) < 4.78 is 0. The third-order valence-corrected chi connectivity index (χ3v) is 1.49. The molecule has 0 aromatic heterocycles. The molecule has 0 aromatic rings. The Labute approximate surface area is 75.2 Å². The Hall–Kier alpha value is -0.410. The molecule has 0 aromatic carbocycles. The number of nitrogens with one attached hydrogen (secondary N) is 1. The van der Waals surface area contributed by atoms with E-state index < -0.39 is 0 Å². The van der Waals surface area contributed by atoms with E-state index in [9.17, 15) is 4.79 Å². The number of likely N-dealkylation sites (N-methyl/N-ethyl adjacent to an activating group) is 1. The molecule has 0 aliphatic carbocycles. The average Bonchev–Trinajstić information content (AvgIpc) is 2.09. The van der Waals surface area contributed by atoms with Crippen LogP contribution in [0.5, 0.6) is 0 Å². The monoisotopic (exact) mass is 175 g/mol. The van der Waals surface area contributed by atoms with Crippen molar-refractivity contribution in [3.8, 4) is 0 Å². The first-order chi connectivity index (χ1) is 5.72. The molecule has 0 amide bonds. The van der Waals surface area contributed by atoms with E-state index in [1.54, 1.807) is 14.0 Å². The van der Waals surface area contributed by atoms with Gasteiger partial charge in [0.1, 0.15) is 5.78 Å². The van der Waals surface area contributed by atoms with Crippen molar-refractivity contribution >= 4 is 5.78 Å². The van der Waals surface area contributed by atoms with E-state index in [-0.39, 0.29) is 18.4 Å². The Morgan fingerprint density at radius 2 is 2.00 bits per heavy atom. The van der Waals surface area contributed by atoms with Gasteiger partial charge in [-0.1, -0.05) is 13.8 Å². The van der Waals surface area contributed by atoms with Crippen molar-refractivity contribution in [2.24, 2.45) is 0 Å². The molecule has 0 rings (SSSR count). The van der Waals surface area contributed by atoms with Gasteiger partial charge < -0.3 is 10.4 Å². The minimum absolute atomic E-state index is 0.0767. The average molecular weight is 175 g/mol. The molecule has 0 aliphatic rings. The fraction of sp³-hybridized carbons (Fsp3) is 0.889. The number of aliphatic hydroxyl groups is 1. The van der Waals surface area contributed by atoms with Crippen LogP contribution >= 0.6 is 0 Å². The van der Waals surface area contributed by atoms with E-state index in [2.05, 4.69) is 5.32 Å². The van der Waals surface area contributed by atoms with Crippen LogP contribution in [0.25, 0.3) is 0 Å². The molecule has 1 unspecified atom stereocenters. The molecule has 1 atom stereocenters. The van der Waals surface area contributed by atoms with Gasteiger partial charge >= 0.3 is 0 Å². The first-order valence-corrected chi connectivity index (χ1v) is 4.51. The zero-order valence-electron chi connectivity index (χ0n) is 8.55. The van der Waals surface area contributed by atoms with Gasteiger partial charge in [0, 0.05) is 6.61 Å². The number of carbonyl (C=O) groups is 1. The summed E-state index contributed by atoms with van der Waals surface area (Å²) in [5.41, 5.74) is 0. The third-order valence-electron chi connectivity index (χ3n) is 1.49. The van der Waals surface area contributed by atoms with E-state index >= 15 is 0 Å². The molecule has 0 heterocycles. The highest BCUT2D eigenvalue weighted by molar-refractivity contribution is 5.81. The molecule has 12 heavy (non-hydrogen) atoms. The smallest absolute Gasteiger partial charge is 0.146 e. The fourth-order valence-electron chi connectivity index (χ4n) is 0.846. The lowest BCUT2D eigenvalue weighted by Crippen LogP contribution is -2.32. The van der Waals surface area contributed by atoms with Crippen LogP contribution in [0.2, 0.25) is 0 Å². The largest absolute Gasteiger partial charge is 0.396 e. The molecule has 0 bridgehead atoms. The predicted molar refractivity (Wildman–Crippen MR) is 51.2 cm³/mol. The number of aliphatic hydroxyl groups excluding tert-OH is 1. The second kappa shape index (κ2) is 10.6. The summed E-state index contributed by atoms with van der Waals surface area (Å²) in [5, 5.41) is 11.3. The zero-order chi connectivity index (χ0) is 9.98. The summed E-state index contributed by atoms with van der Waals surface area (Å²) >= 11 is 0. The Balaban J connectivity index is 0. The van der Waals surface area contributed by atoms with Crippen molar-refractivity contribution in [1.29, 1.82) is 0 Å². The van der Waals surface area contributed by atoms with Gasteiger partial charge in [-0.05, 0) is 26.8 Å². The SMILES string of the molecule is CC.CNC(CCCO)C(C)=O. The molecule has 3 nitrogen and oxygen atoms in total. The highest BCUT2D eigenvalue weighted by Gasteiger charge is 2.09. The van der Waals surface area contributed by atoms with Crippen LogP contribution in [0, 0.1) is 0 Å². The van der Waals surface area contributed by atoms with Crippen LogP contribution in [0.4, 0.5) is 0 Å². The van der Waals surface area contributed by atoms with E-state index in [1.807, 2.05) is 13.8 Å². The van der Waals surface area contributed by atoms with Gasteiger partial charge in [0.25, 0.3) is 0 Å². The van der Waals surface area contributed by atoms with Crippen LogP contribution in [0.3, 0.4) is 0 Å². The van der Waals surface area contributed by atoms with Crippen molar-refractivity contribution in [2.75, 3.05) is 13.7 Å². The van der Waals surface area contributed by atoms with E-state index in [0.29, 0.717) is 6.42 Å². The highest BCUT2D eigenvalue weighted by atomic mass is 16.2. The lowest BCUT2D eigenvalue weighted by molar-refractivity contribution is -0.119.